The number of carbonyl (C=O) groups is 1. The van der Waals surface area contributed by atoms with E-state index in [2.05, 4.69) is 30.8 Å². The van der Waals surface area contributed by atoms with Crippen molar-refractivity contribution in [1.29, 1.82) is 0 Å². The number of nitrogens with zero attached hydrogens (tertiary/aromatic N) is 5. The molecule has 0 unspecified atom stereocenters. The Bertz CT molecular complexity index is 1190. The number of halogens is 1. The van der Waals surface area contributed by atoms with E-state index in [0.29, 0.717) is 47.7 Å². The van der Waals surface area contributed by atoms with Crippen molar-refractivity contribution >= 4 is 5.91 Å². The molecule has 5 rings (SSSR count). The Hall–Kier alpha value is -3.88. The molecule has 0 spiro atoms. The molecule has 8 nitrogen and oxygen atoms in total. The van der Waals surface area contributed by atoms with Gasteiger partial charge in [-0.15, -0.1) is 10.2 Å². The van der Waals surface area contributed by atoms with Crippen LogP contribution in [0, 0.1) is 5.82 Å². The summed E-state index contributed by atoms with van der Waals surface area (Å²) >= 11 is 0. The first kappa shape index (κ1) is 17.2. The number of tetrazole rings is 1. The monoisotopic (exact) mass is 389 g/mol. The zero-order valence-electron chi connectivity index (χ0n) is 15.3. The zero-order valence-corrected chi connectivity index (χ0v) is 15.3. The third kappa shape index (κ3) is 3.06. The number of aromatic amines is 2. The Morgan fingerprint density at radius 3 is 2.83 bits per heavy atom. The van der Waals surface area contributed by atoms with Crippen LogP contribution in [-0.2, 0) is 13.0 Å². The fourth-order valence-corrected chi connectivity index (χ4v) is 3.65. The summed E-state index contributed by atoms with van der Waals surface area (Å²) in [5.74, 6) is -0.0742. The Morgan fingerprint density at radius 2 is 2.00 bits per heavy atom. The van der Waals surface area contributed by atoms with Crippen LogP contribution >= 0.6 is 0 Å². The summed E-state index contributed by atoms with van der Waals surface area (Å²) in [5.41, 5.74) is 4.36. The second-order valence-electron chi connectivity index (χ2n) is 6.80. The number of benzene rings is 2. The fraction of sp³-hybridized carbons (Fsp3) is 0.150. The molecule has 0 saturated heterocycles. The molecule has 2 aromatic heterocycles. The molecule has 2 N–H and O–H groups in total. The number of carbonyl (C=O) groups excluding carboxylic acids is 1. The molecule has 144 valence electrons. The Labute approximate surface area is 164 Å². The van der Waals surface area contributed by atoms with Gasteiger partial charge in [-0.1, -0.05) is 30.3 Å². The second kappa shape index (κ2) is 6.93. The molecule has 0 bridgehead atoms. The van der Waals surface area contributed by atoms with Crippen molar-refractivity contribution in [3.63, 3.8) is 0 Å². The topological polar surface area (TPSA) is 103 Å². The van der Waals surface area contributed by atoms with E-state index in [1.54, 1.807) is 23.1 Å². The SMILES string of the molecule is O=C(c1ccccc1-c1nn[nH]n1)N1CCc2[nH]nc(-c3cccc(F)c3)c2C1. The van der Waals surface area contributed by atoms with Gasteiger partial charge < -0.3 is 4.90 Å². The molecule has 1 amide bonds. The van der Waals surface area contributed by atoms with Crippen LogP contribution in [-0.4, -0.2) is 48.2 Å². The standard InChI is InChI=1S/C20H16FN7O/c21-13-5-3-4-12(10-13)18-16-11-28(9-8-17(16)22-23-18)20(29)15-7-2-1-6-14(15)19-24-26-27-25-19/h1-7,10H,8-9,11H2,(H,22,23)(H,24,25,26,27). The molecule has 0 aliphatic carbocycles. The smallest absolute Gasteiger partial charge is 0.254 e. The maximum atomic E-state index is 13.7. The molecule has 2 aromatic carbocycles. The van der Waals surface area contributed by atoms with Gasteiger partial charge in [-0.3, -0.25) is 9.89 Å². The molecule has 3 heterocycles. The van der Waals surface area contributed by atoms with Crippen LogP contribution in [0.15, 0.2) is 48.5 Å². The number of fused-ring (bicyclic) bond motifs is 1. The lowest BCUT2D eigenvalue weighted by molar-refractivity contribution is 0.0735. The molecule has 4 aromatic rings. The van der Waals surface area contributed by atoms with Gasteiger partial charge in [0.1, 0.15) is 5.82 Å². The van der Waals surface area contributed by atoms with Crippen molar-refractivity contribution in [2.75, 3.05) is 6.54 Å². The minimum atomic E-state index is -0.322. The van der Waals surface area contributed by atoms with Gasteiger partial charge >= 0.3 is 0 Å². The zero-order chi connectivity index (χ0) is 19.8. The van der Waals surface area contributed by atoms with E-state index >= 15 is 0 Å². The summed E-state index contributed by atoms with van der Waals surface area (Å²) in [6.45, 7) is 0.939. The van der Waals surface area contributed by atoms with Crippen LogP contribution in [0.3, 0.4) is 0 Å². The van der Waals surface area contributed by atoms with E-state index in [1.165, 1.54) is 12.1 Å². The number of H-pyrrole nitrogens is 2. The Kier molecular flexibility index (Phi) is 4.12. The molecule has 0 atom stereocenters. The molecule has 1 aliphatic heterocycles. The van der Waals surface area contributed by atoms with Gasteiger partial charge in [-0.2, -0.15) is 10.3 Å². The first-order valence-electron chi connectivity index (χ1n) is 9.15. The highest BCUT2D eigenvalue weighted by Crippen LogP contribution is 2.30. The molecule has 9 heteroatoms. The van der Waals surface area contributed by atoms with Gasteiger partial charge in [0.2, 0.25) is 5.82 Å². The molecular formula is C20H16FN7O. The van der Waals surface area contributed by atoms with Crippen molar-refractivity contribution in [2.45, 2.75) is 13.0 Å². The Balaban J connectivity index is 1.48. The van der Waals surface area contributed by atoms with Crippen LogP contribution in [0.1, 0.15) is 21.6 Å². The summed E-state index contributed by atoms with van der Waals surface area (Å²) in [5, 5.41) is 21.4. The highest BCUT2D eigenvalue weighted by atomic mass is 19.1. The van der Waals surface area contributed by atoms with Gasteiger partial charge in [0.15, 0.2) is 0 Å². The van der Waals surface area contributed by atoms with Crippen LogP contribution < -0.4 is 0 Å². The summed E-state index contributed by atoms with van der Waals surface area (Å²) in [6.07, 6.45) is 0.647. The van der Waals surface area contributed by atoms with Crippen LogP contribution in [0.4, 0.5) is 4.39 Å². The number of amides is 1. The average Bonchev–Trinajstić information content (AvgIpc) is 3.43. The minimum absolute atomic E-state index is 0.123. The third-order valence-corrected chi connectivity index (χ3v) is 5.06. The van der Waals surface area contributed by atoms with Gasteiger partial charge in [-0.05, 0) is 23.4 Å². The number of hydrogen-bond acceptors (Lipinski definition) is 5. The predicted molar refractivity (Wildman–Crippen MR) is 102 cm³/mol. The van der Waals surface area contributed by atoms with Gasteiger partial charge in [0.25, 0.3) is 5.91 Å². The molecule has 0 fully saturated rings. The first-order valence-corrected chi connectivity index (χ1v) is 9.15. The van der Waals surface area contributed by atoms with E-state index < -0.39 is 0 Å². The van der Waals surface area contributed by atoms with Crippen LogP contribution in [0.5, 0.6) is 0 Å². The minimum Gasteiger partial charge on any atom is -0.334 e. The average molecular weight is 389 g/mol. The number of hydrogen-bond donors (Lipinski definition) is 2. The molecule has 1 aliphatic rings. The van der Waals surface area contributed by atoms with Gasteiger partial charge in [0.05, 0.1) is 11.3 Å². The lowest BCUT2D eigenvalue weighted by Gasteiger charge is -2.28. The number of nitrogens with one attached hydrogen (secondary N) is 2. The molecule has 29 heavy (non-hydrogen) atoms. The second-order valence-corrected chi connectivity index (χ2v) is 6.80. The third-order valence-electron chi connectivity index (χ3n) is 5.06. The Morgan fingerprint density at radius 1 is 1.10 bits per heavy atom. The van der Waals surface area contributed by atoms with E-state index in [1.807, 2.05) is 18.2 Å². The van der Waals surface area contributed by atoms with Crippen LogP contribution in [0.25, 0.3) is 22.6 Å². The fourth-order valence-electron chi connectivity index (χ4n) is 3.65. The summed E-state index contributed by atoms with van der Waals surface area (Å²) < 4.78 is 13.7. The van der Waals surface area contributed by atoms with E-state index in [0.717, 1.165) is 11.3 Å². The highest BCUT2D eigenvalue weighted by Gasteiger charge is 2.28. The summed E-state index contributed by atoms with van der Waals surface area (Å²) in [7, 11) is 0. The quantitative estimate of drug-likeness (QED) is 0.561. The summed E-state index contributed by atoms with van der Waals surface area (Å²) in [4.78, 5) is 15.1. The van der Waals surface area contributed by atoms with Crippen molar-refractivity contribution in [2.24, 2.45) is 0 Å². The first-order chi connectivity index (χ1) is 14.2. The maximum absolute atomic E-state index is 13.7. The predicted octanol–water partition coefficient (Wildman–Crippen LogP) is 2.59. The maximum Gasteiger partial charge on any atom is 0.254 e. The molecule has 0 saturated carbocycles. The number of rotatable bonds is 3. The van der Waals surface area contributed by atoms with Crippen molar-refractivity contribution in [3.8, 4) is 22.6 Å². The van der Waals surface area contributed by atoms with Crippen molar-refractivity contribution < 1.29 is 9.18 Å². The highest BCUT2D eigenvalue weighted by molar-refractivity contribution is 6.00. The lowest BCUT2D eigenvalue weighted by atomic mass is 9.99. The normalized spacial score (nSPS) is 13.3. The number of aromatic nitrogens is 6. The van der Waals surface area contributed by atoms with E-state index in [9.17, 15) is 9.18 Å². The van der Waals surface area contributed by atoms with Gasteiger partial charge in [-0.25, -0.2) is 4.39 Å². The summed E-state index contributed by atoms with van der Waals surface area (Å²) in [6, 6.07) is 13.5. The van der Waals surface area contributed by atoms with E-state index in [4.69, 9.17) is 0 Å². The van der Waals surface area contributed by atoms with Crippen molar-refractivity contribution in [3.05, 3.63) is 71.2 Å². The molecule has 0 radical (unpaired) electrons. The molecular weight excluding hydrogens is 373 g/mol. The van der Waals surface area contributed by atoms with Crippen molar-refractivity contribution in [1.82, 2.24) is 35.7 Å². The lowest BCUT2D eigenvalue weighted by Crippen LogP contribution is -2.36. The van der Waals surface area contributed by atoms with Crippen LogP contribution in [0.2, 0.25) is 0 Å². The van der Waals surface area contributed by atoms with E-state index in [-0.39, 0.29) is 11.7 Å². The largest absolute Gasteiger partial charge is 0.334 e. The van der Waals surface area contributed by atoms with Gasteiger partial charge in [0, 0.05) is 41.9 Å².